The molecule has 0 amide bonds. The number of rotatable bonds is 3. The van der Waals surface area contributed by atoms with Crippen molar-refractivity contribution in [2.45, 2.75) is 6.18 Å². The van der Waals surface area contributed by atoms with Crippen molar-refractivity contribution in [1.29, 1.82) is 0 Å². The first kappa shape index (κ1) is 15.6. The molecule has 0 saturated heterocycles. The van der Waals surface area contributed by atoms with Crippen LogP contribution in [-0.4, -0.2) is 18.1 Å². The average Bonchev–Trinajstić information content (AvgIpc) is 2.46. The molecule has 0 aliphatic carbocycles. The molecule has 2 aromatic rings. The van der Waals surface area contributed by atoms with Crippen molar-refractivity contribution in [1.82, 2.24) is 4.98 Å². The molecule has 0 bridgehead atoms. The molecule has 1 aromatic carbocycles. The lowest BCUT2D eigenvalue weighted by molar-refractivity contribution is -0.141. The number of hydrogen-bond donors (Lipinski definition) is 1. The molecule has 22 heavy (non-hydrogen) atoms. The number of H-pyrrole nitrogens is 1. The minimum atomic E-state index is -4.88. The Bertz CT molecular complexity index is 735. The van der Waals surface area contributed by atoms with Gasteiger partial charge >= 0.3 is 12.1 Å². The Labute approximate surface area is 122 Å². The molecule has 0 unspecified atom stereocenters. The van der Waals surface area contributed by atoms with Crippen molar-refractivity contribution >= 4 is 5.97 Å². The number of ether oxygens (including phenoxy) is 2. The fourth-order valence-corrected chi connectivity index (χ4v) is 1.71. The molecular weight excluding hydrogens is 303 g/mol. The zero-order valence-corrected chi connectivity index (χ0v) is 11.2. The monoisotopic (exact) mass is 313 g/mol. The lowest BCUT2D eigenvalue weighted by Crippen LogP contribution is -2.26. The number of nitrogens with one attached hydrogen (secondary N) is 1. The van der Waals surface area contributed by atoms with Gasteiger partial charge < -0.3 is 14.5 Å². The Balaban J connectivity index is 2.35. The maximum Gasteiger partial charge on any atom is 0.432 e. The van der Waals surface area contributed by atoms with E-state index < -0.39 is 28.8 Å². The van der Waals surface area contributed by atoms with E-state index in [2.05, 4.69) is 0 Å². The second-order valence-electron chi connectivity index (χ2n) is 4.15. The Morgan fingerprint density at radius 1 is 1.09 bits per heavy atom. The summed E-state index contributed by atoms with van der Waals surface area (Å²) in [4.78, 5) is 25.3. The van der Waals surface area contributed by atoms with Crippen molar-refractivity contribution in [3.63, 3.8) is 0 Å². The van der Waals surface area contributed by atoms with Crippen LogP contribution in [-0.2, 0) is 6.18 Å². The van der Waals surface area contributed by atoms with Crippen LogP contribution in [0.4, 0.5) is 13.2 Å². The number of pyridine rings is 1. The molecular formula is C14H10F3NO4. The summed E-state index contributed by atoms with van der Waals surface area (Å²) in [5.41, 5.74) is -3.62. The Morgan fingerprint density at radius 2 is 1.68 bits per heavy atom. The van der Waals surface area contributed by atoms with Gasteiger partial charge in [0.2, 0.25) is 0 Å². The SMILES string of the molecule is COc1ccc(OC(=O)c2c(C(F)(F)F)[nH]ccc2=O)cc1. The van der Waals surface area contributed by atoms with Crippen molar-refractivity contribution in [2.24, 2.45) is 0 Å². The van der Waals surface area contributed by atoms with Crippen LogP contribution in [0.25, 0.3) is 0 Å². The van der Waals surface area contributed by atoms with Gasteiger partial charge in [-0.3, -0.25) is 4.79 Å². The number of carbonyl (C=O) groups excluding carboxylic acids is 1. The highest BCUT2D eigenvalue weighted by molar-refractivity contribution is 5.92. The van der Waals surface area contributed by atoms with Crippen LogP contribution in [0.1, 0.15) is 16.1 Å². The minimum absolute atomic E-state index is 0.0119. The van der Waals surface area contributed by atoms with E-state index in [-0.39, 0.29) is 5.75 Å². The van der Waals surface area contributed by atoms with Gasteiger partial charge in [-0.1, -0.05) is 0 Å². The van der Waals surface area contributed by atoms with Crippen molar-refractivity contribution in [3.05, 3.63) is 58.0 Å². The maximum atomic E-state index is 12.8. The quantitative estimate of drug-likeness (QED) is 0.698. The fourth-order valence-electron chi connectivity index (χ4n) is 1.71. The van der Waals surface area contributed by atoms with Crippen LogP contribution < -0.4 is 14.9 Å². The Kier molecular flexibility index (Phi) is 4.20. The number of methoxy groups -OCH3 is 1. The highest BCUT2D eigenvalue weighted by atomic mass is 19.4. The van der Waals surface area contributed by atoms with Crippen molar-refractivity contribution < 1.29 is 27.4 Å². The van der Waals surface area contributed by atoms with Crippen LogP contribution in [0.3, 0.4) is 0 Å². The number of carbonyl (C=O) groups is 1. The summed E-state index contributed by atoms with van der Waals surface area (Å²) in [6, 6.07) is 6.41. The number of esters is 1. The summed E-state index contributed by atoms with van der Waals surface area (Å²) in [7, 11) is 1.43. The molecule has 8 heteroatoms. The fraction of sp³-hybridized carbons (Fsp3) is 0.143. The molecule has 0 atom stereocenters. The van der Waals surface area contributed by atoms with E-state index >= 15 is 0 Å². The highest BCUT2D eigenvalue weighted by Crippen LogP contribution is 2.29. The van der Waals surface area contributed by atoms with Crippen LogP contribution in [0.2, 0.25) is 0 Å². The Morgan fingerprint density at radius 3 is 2.23 bits per heavy atom. The van der Waals surface area contributed by atoms with Crippen LogP contribution in [0.15, 0.2) is 41.3 Å². The van der Waals surface area contributed by atoms with Gasteiger partial charge in [-0.15, -0.1) is 0 Å². The summed E-state index contributed by atoms with van der Waals surface area (Å²) in [6.07, 6.45) is -4.07. The summed E-state index contributed by atoms with van der Waals surface area (Å²) >= 11 is 0. The largest absolute Gasteiger partial charge is 0.497 e. The smallest absolute Gasteiger partial charge is 0.432 e. The van der Waals surface area contributed by atoms with Gasteiger partial charge in [0, 0.05) is 12.3 Å². The predicted octanol–water partition coefficient (Wildman–Crippen LogP) is 2.62. The van der Waals surface area contributed by atoms with Crippen molar-refractivity contribution in [3.8, 4) is 11.5 Å². The van der Waals surface area contributed by atoms with Gasteiger partial charge in [-0.25, -0.2) is 4.79 Å². The first-order chi connectivity index (χ1) is 10.3. The second kappa shape index (κ2) is 5.92. The number of alkyl halides is 3. The van der Waals surface area contributed by atoms with Gasteiger partial charge in [0.15, 0.2) is 5.43 Å². The van der Waals surface area contributed by atoms with Gasteiger partial charge in [-0.05, 0) is 24.3 Å². The number of benzene rings is 1. The molecule has 2 rings (SSSR count). The standard InChI is InChI=1S/C14H10F3NO4/c1-21-8-2-4-9(5-3-8)22-13(20)11-10(19)6-7-18-12(11)14(15,16)17/h2-7H,1H3,(H,18,19). The Hall–Kier alpha value is -2.77. The van der Waals surface area contributed by atoms with Gasteiger partial charge in [-0.2, -0.15) is 13.2 Å². The molecule has 1 heterocycles. The zero-order valence-electron chi connectivity index (χ0n) is 11.2. The molecule has 1 aromatic heterocycles. The summed E-state index contributed by atoms with van der Waals surface area (Å²) in [5.74, 6) is -0.921. The molecule has 1 N–H and O–H groups in total. The van der Waals surface area contributed by atoms with E-state index in [1.54, 1.807) is 0 Å². The topological polar surface area (TPSA) is 68.4 Å². The second-order valence-corrected chi connectivity index (χ2v) is 4.15. The lowest BCUT2D eigenvalue weighted by Gasteiger charge is -2.11. The molecule has 0 spiro atoms. The van der Waals surface area contributed by atoms with Gasteiger partial charge in [0.1, 0.15) is 22.8 Å². The number of aromatic nitrogens is 1. The first-order valence-corrected chi connectivity index (χ1v) is 5.98. The maximum absolute atomic E-state index is 12.8. The lowest BCUT2D eigenvalue weighted by atomic mass is 10.2. The summed E-state index contributed by atoms with van der Waals surface area (Å²) in [6.45, 7) is 0. The highest BCUT2D eigenvalue weighted by Gasteiger charge is 2.38. The van der Waals surface area contributed by atoms with Crippen LogP contribution in [0, 0.1) is 0 Å². The van der Waals surface area contributed by atoms with E-state index in [4.69, 9.17) is 9.47 Å². The van der Waals surface area contributed by atoms with Crippen LogP contribution >= 0.6 is 0 Å². The van der Waals surface area contributed by atoms with E-state index in [0.717, 1.165) is 12.3 Å². The first-order valence-electron chi connectivity index (χ1n) is 5.98. The van der Waals surface area contributed by atoms with E-state index in [1.165, 1.54) is 31.4 Å². The van der Waals surface area contributed by atoms with Gasteiger partial charge in [0.25, 0.3) is 0 Å². The third-order valence-electron chi connectivity index (χ3n) is 2.72. The summed E-state index contributed by atoms with van der Waals surface area (Å²) in [5, 5.41) is 0. The van der Waals surface area contributed by atoms with Gasteiger partial charge in [0.05, 0.1) is 7.11 Å². The third kappa shape index (κ3) is 3.27. The van der Waals surface area contributed by atoms with Crippen molar-refractivity contribution in [2.75, 3.05) is 7.11 Å². The molecule has 5 nitrogen and oxygen atoms in total. The number of hydrogen-bond acceptors (Lipinski definition) is 4. The molecule has 116 valence electrons. The van der Waals surface area contributed by atoms with Crippen LogP contribution in [0.5, 0.6) is 11.5 Å². The van der Waals surface area contributed by atoms with E-state index in [1.807, 2.05) is 4.98 Å². The molecule has 0 aliphatic rings. The summed E-state index contributed by atoms with van der Waals surface area (Å²) < 4.78 is 48.2. The average molecular weight is 313 g/mol. The molecule has 0 fully saturated rings. The molecule has 0 radical (unpaired) electrons. The predicted molar refractivity (Wildman–Crippen MR) is 70.0 cm³/mol. The van der Waals surface area contributed by atoms with E-state index in [9.17, 15) is 22.8 Å². The third-order valence-corrected chi connectivity index (χ3v) is 2.72. The normalized spacial score (nSPS) is 11.1. The molecule has 0 aliphatic heterocycles. The number of halogens is 3. The molecule has 0 saturated carbocycles. The minimum Gasteiger partial charge on any atom is -0.497 e. The van der Waals surface area contributed by atoms with E-state index in [0.29, 0.717) is 5.75 Å². The number of aromatic amines is 1. The zero-order chi connectivity index (χ0) is 16.3.